The second-order valence-corrected chi connectivity index (χ2v) is 9.78. The number of aliphatic hydroxyl groups excluding tert-OH is 1. The Balaban J connectivity index is 1.68. The van der Waals surface area contributed by atoms with E-state index in [9.17, 15) is 23.1 Å². The number of rotatable bonds is 9. The molecule has 0 radical (unpaired) electrons. The minimum absolute atomic E-state index is 0.0535. The Morgan fingerprint density at radius 1 is 1.14 bits per heavy atom. The quantitative estimate of drug-likeness (QED) is 0.177. The maximum absolute atomic E-state index is 14.0. The number of allylic oxidation sites excluding steroid dienone is 2. The van der Waals surface area contributed by atoms with Crippen molar-refractivity contribution in [3.63, 3.8) is 0 Å². The number of benzene rings is 2. The van der Waals surface area contributed by atoms with Crippen molar-refractivity contribution < 1.29 is 27.9 Å². The first kappa shape index (κ1) is 25.9. The van der Waals surface area contributed by atoms with Crippen LogP contribution < -0.4 is 0 Å². The van der Waals surface area contributed by atoms with Gasteiger partial charge < -0.3 is 9.94 Å². The van der Waals surface area contributed by atoms with Crippen molar-refractivity contribution in [1.82, 2.24) is 0 Å². The third-order valence-corrected chi connectivity index (χ3v) is 7.15. The van der Waals surface area contributed by atoms with Crippen LogP contribution in [0.2, 0.25) is 0 Å². The van der Waals surface area contributed by atoms with Crippen LogP contribution in [-0.4, -0.2) is 16.6 Å². The zero-order valence-electron chi connectivity index (χ0n) is 20.0. The second kappa shape index (κ2) is 11.3. The number of Topliss-reactive ketones (excluding diaryl/α,β-unsaturated/α-hetero) is 1. The van der Waals surface area contributed by atoms with Crippen LogP contribution in [0.3, 0.4) is 0 Å². The largest absolute Gasteiger partial charge is 0.511 e. The Morgan fingerprint density at radius 3 is 2.64 bits per heavy atom. The highest BCUT2D eigenvalue weighted by Crippen LogP contribution is 2.44. The summed E-state index contributed by atoms with van der Waals surface area (Å²) in [4.78, 5) is 18.8. The Kier molecular flexibility index (Phi) is 8.14. The highest BCUT2D eigenvalue weighted by molar-refractivity contribution is 7.07. The first-order valence-corrected chi connectivity index (χ1v) is 13.0. The lowest BCUT2D eigenvalue weighted by Gasteiger charge is -2.28. The molecule has 2 aromatic carbocycles. The second-order valence-electron chi connectivity index (χ2n) is 9.00. The molecule has 0 bridgehead atoms. The Bertz CT molecular complexity index is 1280. The molecule has 8 heteroatoms. The number of nitrogens with zero attached hydrogens (tertiary/aromatic N) is 1. The number of aliphatic hydroxyl groups is 1. The van der Waals surface area contributed by atoms with Crippen molar-refractivity contribution in [1.29, 1.82) is 0 Å². The zero-order chi connectivity index (χ0) is 25.7. The van der Waals surface area contributed by atoms with Gasteiger partial charge in [0, 0.05) is 18.4 Å². The predicted octanol–water partition coefficient (Wildman–Crippen LogP) is 8.33. The smallest absolute Gasteiger partial charge is 0.416 e. The maximum Gasteiger partial charge on any atom is 0.416 e. The van der Waals surface area contributed by atoms with Crippen molar-refractivity contribution in [3.05, 3.63) is 81.2 Å². The minimum atomic E-state index is -4.58. The van der Waals surface area contributed by atoms with Crippen LogP contribution in [-0.2, 0) is 22.4 Å². The predicted molar refractivity (Wildman–Crippen MR) is 136 cm³/mol. The number of carbonyl (C=O) groups excluding carboxylic acids is 1. The molecule has 36 heavy (non-hydrogen) atoms. The van der Waals surface area contributed by atoms with E-state index in [2.05, 4.69) is 12.1 Å². The van der Waals surface area contributed by atoms with Crippen LogP contribution in [0.1, 0.15) is 68.1 Å². The first-order valence-electron chi connectivity index (χ1n) is 12.0. The third kappa shape index (κ3) is 5.81. The van der Waals surface area contributed by atoms with E-state index in [0.29, 0.717) is 22.9 Å². The average Bonchev–Trinajstić information content (AvgIpc) is 3.35. The van der Waals surface area contributed by atoms with E-state index >= 15 is 0 Å². The summed E-state index contributed by atoms with van der Waals surface area (Å²) < 4.78 is 41.9. The lowest BCUT2D eigenvalue weighted by atomic mass is 9.77. The SMILES string of the molecule is CCCCC/C(=N\OCc1ccsc1)C1=C(O)CC(c2c(C(F)(F)F)ccc3ccccc23)CC1=O. The molecule has 0 aliphatic heterocycles. The third-order valence-electron chi connectivity index (χ3n) is 6.42. The molecule has 1 aromatic heterocycles. The fraction of sp³-hybridized carbons (Fsp3) is 0.357. The summed E-state index contributed by atoms with van der Waals surface area (Å²) in [6, 6.07) is 11.2. The molecule has 190 valence electrons. The Hall–Kier alpha value is -3.13. The van der Waals surface area contributed by atoms with Gasteiger partial charge in [-0.15, -0.1) is 0 Å². The van der Waals surface area contributed by atoms with Gasteiger partial charge in [-0.3, -0.25) is 4.79 Å². The number of carbonyl (C=O) groups is 1. The summed E-state index contributed by atoms with van der Waals surface area (Å²) in [6.07, 6.45) is -1.72. The summed E-state index contributed by atoms with van der Waals surface area (Å²) in [5.74, 6) is -1.45. The molecule has 4 nitrogen and oxygen atoms in total. The summed E-state index contributed by atoms with van der Waals surface area (Å²) in [5, 5.41) is 20.1. The molecule has 0 saturated carbocycles. The summed E-state index contributed by atoms with van der Waals surface area (Å²) in [7, 11) is 0. The zero-order valence-corrected chi connectivity index (χ0v) is 20.8. The van der Waals surface area contributed by atoms with Crippen LogP contribution in [0, 0.1) is 0 Å². The van der Waals surface area contributed by atoms with E-state index < -0.39 is 23.4 Å². The van der Waals surface area contributed by atoms with Crippen molar-refractivity contribution in [2.24, 2.45) is 5.16 Å². The average molecular weight is 516 g/mol. The Labute approximate surface area is 212 Å². The molecule has 0 saturated heterocycles. The van der Waals surface area contributed by atoms with E-state index in [1.807, 2.05) is 16.8 Å². The standard InChI is InChI=1S/C28H28F3NO3S/c1-2-3-4-9-23(32-35-16-18-12-13-36-17-18)27-24(33)14-20(15-25(27)34)26-21-8-6-5-7-19(21)10-11-22(26)28(29,30)31/h5-8,10-13,17,20,33H,2-4,9,14-16H2,1H3/b32-23+. The van der Waals surface area contributed by atoms with Crippen LogP contribution >= 0.6 is 11.3 Å². The van der Waals surface area contributed by atoms with E-state index in [4.69, 9.17) is 4.84 Å². The number of ketones is 1. The summed E-state index contributed by atoms with van der Waals surface area (Å²) >= 11 is 1.53. The number of halogens is 3. The van der Waals surface area contributed by atoms with Crippen LogP contribution in [0.15, 0.2) is 69.7 Å². The summed E-state index contributed by atoms with van der Waals surface area (Å²) in [5.41, 5.74) is 0.666. The molecule has 4 rings (SSSR count). The van der Waals surface area contributed by atoms with Crippen molar-refractivity contribution in [3.8, 4) is 0 Å². The Morgan fingerprint density at radius 2 is 1.94 bits per heavy atom. The molecule has 1 N–H and O–H groups in total. The molecule has 0 spiro atoms. The lowest BCUT2D eigenvalue weighted by Crippen LogP contribution is -2.25. The molecular formula is C28H28F3NO3S. The van der Waals surface area contributed by atoms with Gasteiger partial charge in [0.15, 0.2) is 5.78 Å². The van der Waals surface area contributed by atoms with E-state index in [0.717, 1.165) is 30.9 Å². The van der Waals surface area contributed by atoms with Crippen molar-refractivity contribution in [2.45, 2.75) is 64.1 Å². The molecule has 1 atom stereocenters. The van der Waals surface area contributed by atoms with Gasteiger partial charge in [0.05, 0.1) is 16.8 Å². The molecule has 1 aliphatic carbocycles. The van der Waals surface area contributed by atoms with Crippen molar-refractivity contribution in [2.75, 3.05) is 0 Å². The number of unbranched alkanes of at least 4 members (excludes halogenated alkanes) is 2. The number of hydrogen-bond donors (Lipinski definition) is 1. The number of alkyl halides is 3. The van der Waals surface area contributed by atoms with E-state index in [1.165, 1.54) is 17.4 Å². The lowest BCUT2D eigenvalue weighted by molar-refractivity contribution is -0.138. The van der Waals surface area contributed by atoms with Gasteiger partial charge in [-0.1, -0.05) is 55.3 Å². The highest BCUT2D eigenvalue weighted by Gasteiger charge is 2.39. The van der Waals surface area contributed by atoms with Crippen LogP contribution in [0.25, 0.3) is 10.8 Å². The van der Waals surface area contributed by atoms with Gasteiger partial charge in [0.2, 0.25) is 0 Å². The molecule has 1 heterocycles. The van der Waals surface area contributed by atoms with Crippen molar-refractivity contribution >= 4 is 33.6 Å². The van der Waals surface area contributed by atoms with Crippen LogP contribution in [0.4, 0.5) is 13.2 Å². The van der Waals surface area contributed by atoms with Gasteiger partial charge in [-0.2, -0.15) is 24.5 Å². The molecular weight excluding hydrogens is 487 g/mol. The number of thiophene rings is 1. The van der Waals surface area contributed by atoms with E-state index in [-0.39, 0.29) is 36.3 Å². The van der Waals surface area contributed by atoms with Gasteiger partial charge >= 0.3 is 6.18 Å². The topological polar surface area (TPSA) is 58.9 Å². The number of oxime groups is 1. The molecule has 0 fully saturated rings. The minimum Gasteiger partial charge on any atom is -0.511 e. The highest BCUT2D eigenvalue weighted by atomic mass is 32.1. The maximum atomic E-state index is 14.0. The number of hydrogen-bond acceptors (Lipinski definition) is 5. The molecule has 3 aromatic rings. The number of fused-ring (bicyclic) bond motifs is 1. The van der Waals surface area contributed by atoms with E-state index in [1.54, 1.807) is 24.3 Å². The van der Waals surface area contributed by atoms with Gasteiger partial charge in [-0.25, -0.2) is 0 Å². The fourth-order valence-electron chi connectivity index (χ4n) is 4.73. The molecule has 1 aliphatic rings. The molecule has 0 amide bonds. The van der Waals surface area contributed by atoms with Crippen LogP contribution in [0.5, 0.6) is 0 Å². The summed E-state index contributed by atoms with van der Waals surface area (Å²) in [6.45, 7) is 2.29. The molecule has 1 unspecified atom stereocenters. The monoisotopic (exact) mass is 515 g/mol. The van der Waals surface area contributed by atoms with Gasteiger partial charge in [0.1, 0.15) is 12.4 Å². The normalized spacial score (nSPS) is 17.2. The fourth-order valence-corrected chi connectivity index (χ4v) is 5.38. The van der Waals surface area contributed by atoms with Gasteiger partial charge in [-0.05, 0) is 58.0 Å². The first-order chi connectivity index (χ1) is 17.3. The van der Waals surface area contributed by atoms with Gasteiger partial charge in [0.25, 0.3) is 0 Å².